The van der Waals surface area contributed by atoms with Crippen molar-refractivity contribution in [3.05, 3.63) is 45.7 Å². The van der Waals surface area contributed by atoms with E-state index >= 15 is 0 Å². The highest BCUT2D eigenvalue weighted by molar-refractivity contribution is 5.60. The van der Waals surface area contributed by atoms with Gasteiger partial charge in [-0.3, -0.25) is 4.79 Å². The SMILES string of the molecule is CCc1ccccc1-c1nc(O)c(C(C)C)c(=O)[nH]1. The normalized spacial score (nSPS) is 10.9. The van der Waals surface area contributed by atoms with Crippen LogP contribution in [-0.4, -0.2) is 15.1 Å². The summed E-state index contributed by atoms with van der Waals surface area (Å²) in [7, 11) is 0. The standard InChI is InChI=1S/C15H18N2O2/c1-4-10-7-5-6-8-11(10)13-16-14(18)12(9(2)3)15(19)17-13/h5-9H,4H2,1-3H3,(H2,16,17,18,19). The number of nitrogens with one attached hydrogen (secondary N) is 1. The first-order valence-corrected chi connectivity index (χ1v) is 6.46. The minimum atomic E-state index is -0.275. The van der Waals surface area contributed by atoms with Crippen molar-refractivity contribution in [2.24, 2.45) is 0 Å². The second-order valence-electron chi connectivity index (χ2n) is 4.82. The Balaban J connectivity index is 2.62. The summed E-state index contributed by atoms with van der Waals surface area (Å²) in [6.45, 7) is 5.75. The van der Waals surface area contributed by atoms with Gasteiger partial charge in [0.05, 0.1) is 5.56 Å². The molecule has 0 saturated carbocycles. The molecule has 0 spiro atoms. The first-order valence-electron chi connectivity index (χ1n) is 6.46. The maximum Gasteiger partial charge on any atom is 0.258 e. The minimum absolute atomic E-state index is 0.0632. The van der Waals surface area contributed by atoms with E-state index in [2.05, 4.69) is 9.97 Å². The van der Waals surface area contributed by atoms with E-state index in [1.54, 1.807) is 0 Å². The van der Waals surface area contributed by atoms with E-state index in [4.69, 9.17) is 0 Å². The molecule has 2 aromatic rings. The summed E-state index contributed by atoms with van der Waals surface area (Å²) in [6, 6.07) is 7.72. The van der Waals surface area contributed by atoms with Gasteiger partial charge in [0, 0.05) is 5.56 Å². The third kappa shape index (κ3) is 2.52. The Morgan fingerprint density at radius 2 is 2.00 bits per heavy atom. The van der Waals surface area contributed by atoms with Crippen LogP contribution >= 0.6 is 0 Å². The molecule has 0 aliphatic carbocycles. The first-order chi connectivity index (χ1) is 9.04. The molecule has 0 bridgehead atoms. The van der Waals surface area contributed by atoms with E-state index in [0.717, 1.165) is 17.5 Å². The van der Waals surface area contributed by atoms with Gasteiger partial charge in [-0.15, -0.1) is 0 Å². The largest absolute Gasteiger partial charge is 0.493 e. The van der Waals surface area contributed by atoms with Gasteiger partial charge < -0.3 is 10.1 Å². The molecule has 0 aliphatic rings. The average Bonchev–Trinajstić information content (AvgIpc) is 2.37. The zero-order chi connectivity index (χ0) is 14.0. The van der Waals surface area contributed by atoms with Crippen molar-refractivity contribution < 1.29 is 5.11 Å². The van der Waals surface area contributed by atoms with Crippen LogP contribution in [0.1, 0.15) is 37.8 Å². The van der Waals surface area contributed by atoms with Crippen LogP contribution in [0.2, 0.25) is 0 Å². The van der Waals surface area contributed by atoms with Gasteiger partial charge in [0.15, 0.2) is 0 Å². The van der Waals surface area contributed by atoms with Crippen LogP contribution in [0, 0.1) is 0 Å². The smallest absolute Gasteiger partial charge is 0.258 e. The van der Waals surface area contributed by atoms with Gasteiger partial charge >= 0.3 is 0 Å². The number of aromatic amines is 1. The first kappa shape index (κ1) is 13.3. The predicted molar refractivity (Wildman–Crippen MR) is 75.4 cm³/mol. The summed E-state index contributed by atoms with van der Waals surface area (Å²) >= 11 is 0. The summed E-state index contributed by atoms with van der Waals surface area (Å²) in [5, 5.41) is 9.94. The molecule has 0 radical (unpaired) electrons. The second kappa shape index (κ2) is 5.26. The molecule has 1 heterocycles. The molecule has 4 nitrogen and oxygen atoms in total. The van der Waals surface area contributed by atoms with Crippen molar-refractivity contribution in [2.75, 3.05) is 0 Å². The Kier molecular flexibility index (Phi) is 3.69. The van der Waals surface area contributed by atoms with Crippen molar-refractivity contribution in [1.29, 1.82) is 0 Å². The third-order valence-electron chi connectivity index (χ3n) is 3.17. The fraction of sp³-hybridized carbons (Fsp3) is 0.333. The van der Waals surface area contributed by atoms with Crippen LogP contribution in [0.3, 0.4) is 0 Å². The molecule has 100 valence electrons. The van der Waals surface area contributed by atoms with E-state index < -0.39 is 0 Å². The second-order valence-corrected chi connectivity index (χ2v) is 4.82. The van der Waals surface area contributed by atoms with Crippen LogP contribution in [0.4, 0.5) is 0 Å². The van der Waals surface area contributed by atoms with Gasteiger partial charge in [-0.05, 0) is 17.9 Å². The monoisotopic (exact) mass is 258 g/mol. The van der Waals surface area contributed by atoms with Crippen LogP contribution in [0.15, 0.2) is 29.1 Å². The molecule has 4 heteroatoms. The number of benzene rings is 1. The number of aromatic hydroxyl groups is 1. The summed E-state index contributed by atoms with van der Waals surface area (Å²) in [4.78, 5) is 18.9. The molecular formula is C15H18N2O2. The van der Waals surface area contributed by atoms with Crippen molar-refractivity contribution in [3.63, 3.8) is 0 Å². The van der Waals surface area contributed by atoms with Gasteiger partial charge in [0.1, 0.15) is 5.82 Å². The van der Waals surface area contributed by atoms with Crippen LogP contribution < -0.4 is 5.56 Å². The van der Waals surface area contributed by atoms with E-state index in [1.165, 1.54) is 0 Å². The number of hydrogen-bond donors (Lipinski definition) is 2. The molecule has 2 rings (SSSR count). The number of aromatic nitrogens is 2. The minimum Gasteiger partial charge on any atom is -0.493 e. The molecule has 2 N–H and O–H groups in total. The lowest BCUT2D eigenvalue weighted by Crippen LogP contribution is -2.16. The molecule has 1 aromatic heterocycles. The summed E-state index contributed by atoms with van der Waals surface area (Å²) in [6.07, 6.45) is 0.840. The Hall–Kier alpha value is -2.10. The van der Waals surface area contributed by atoms with Gasteiger partial charge in [-0.25, -0.2) is 0 Å². The lowest BCUT2D eigenvalue weighted by molar-refractivity contribution is 0.440. The maximum atomic E-state index is 12.0. The van der Waals surface area contributed by atoms with Crippen molar-refractivity contribution >= 4 is 0 Å². The highest BCUT2D eigenvalue weighted by atomic mass is 16.3. The number of nitrogens with zero attached hydrogens (tertiary/aromatic N) is 1. The Bertz CT molecular complexity index is 645. The van der Waals surface area contributed by atoms with E-state index in [9.17, 15) is 9.90 Å². The van der Waals surface area contributed by atoms with Crippen LogP contribution in [-0.2, 0) is 6.42 Å². The van der Waals surface area contributed by atoms with E-state index in [0.29, 0.717) is 11.4 Å². The van der Waals surface area contributed by atoms with Gasteiger partial charge in [-0.1, -0.05) is 45.0 Å². The van der Waals surface area contributed by atoms with Crippen LogP contribution in [0.25, 0.3) is 11.4 Å². The predicted octanol–water partition coefficient (Wildman–Crippen LogP) is 2.83. The Labute approximate surface area is 112 Å². The number of rotatable bonds is 3. The Morgan fingerprint density at radius 1 is 1.32 bits per heavy atom. The lowest BCUT2D eigenvalue weighted by Gasteiger charge is -2.10. The fourth-order valence-corrected chi connectivity index (χ4v) is 2.18. The van der Waals surface area contributed by atoms with Crippen molar-refractivity contribution in [1.82, 2.24) is 9.97 Å². The molecule has 0 amide bonds. The van der Waals surface area contributed by atoms with Crippen molar-refractivity contribution in [2.45, 2.75) is 33.1 Å². The van der Waals surface area contributed by atoms with Gasteiger partial charge in [0.25, 0.3) is 5.56 Å². The number of H-pyrrole nitrogens is 1. The average molecular weight is 258 g/mol. The number of hydrogen-bond acceptors (Lipinski definition) is 3. The maximum absolute atomic E-state index is 12.0. The zero-order valence-electron chi connectivity index (χ0n) is 11.4. The lowest BCUT2D eigenvalue weighted by atomic mass is 10.0. The molecule has 0 saturated heterocycles. The molecule has 0 unspecified atom stereocenters. The molecule has 0 atom stereocenters. The van der Waals surface area contributed by atoms with Crippen LogP contribution in [0.5, 0.6) is 5.88 Å². The highest BCUT2D eigenvalue weighted by Crippen LogP contribution is 2.24. The molecule has 0 fully saturated rings. The Morgan fingerprint density at radius 3 is 2.58 bits per heavy atom. The van der Waals surface area contributed by atoms with Gasteiger partial charge in [-0.2, -0.15) is 4.98 Å². The summed E-state index contributed by atoms with van der Waals surface area (Å²) < 4.78 is 0. The molecule has 0 aliphatic heterocycles. The quantitative estimate of drug-likeness (QED) is 0.889. The summed E-state index contributed by atoms with van der Waals surface area (Å²) in [5.74, 6) is 0.177. The fourth-order valence-electron chi connectivity index (χ4n) is 2.18. The van der Waals surface area contributed by atoms with E-state index in [-0.39, 0.29) is 17.4 Å². The topological polar surface area (TPSA) is 66.0 Å². The van der Waals surface area contributed by atoms with Gasteiger partial charge in [0.2, 0.25) is 5.88 Å². The zero-order valence-corrected chi connectivity index (χ0v) is 11.4. The third-order valence-corrected chi connectivity index (χ3v) is 3.17. The number of aryl methyl sites for hydroxylation is 1. The van der Waals surface area contributed by atoms with E-state index in [1.807, 2.05) is 45.0 Å². The van der Waals surface area contributed by atoms with Crippen molar-refractivity contribution in [3.8, 4) is 17.3 Å². The molecule has 1 aromatic carbocycles. The molecule has 19 heavy (non-hydrogen) atoms. The summed E-state index contributed by atoms with van der Waals surface area (Å²) in [5.41, 5.74) is 2.00. The molecular weight excluding hydrogens is 240 g/mol. The highest BCUT2D eigenvalue weighted by Gasteiger charge is 2.15.